The first-order chi connectivity index (χ1) is 10.9. The zero-order chi connectivity index (χ0) is 17.0. The number of benzene rings is 2. The second-order valence-electron chi connectivity index (χ2n) is 4.91. The Bertz CT molecular complexity index is 775. The Hall–Kier alpha value is -2.12. The van der Waals surface area contributed by atoms with Crippen LogP contribution in [0, 0.1) is 5.82 Å². The van der Waals surface area contributed by atoms with Gasteiger partial charge in [0.25, 0.3) is 0 Å². The molecule has 0 fully saturated rings. The molecule has 124 valence electrons. The van der Waals surface area contributed by atoms with E-state index in [1.54, 1.807) is 38.3 Å². The van der Waals surface area contributed by atoms with Crippen LogP contribution < -0.4 is 14.2 Å². The summed E-state index contributed by atoms with van der Waals surface area (Å²) in [6.07, 6.45) is 0. The molecule has 0 aliphatic rings. The SMILES string of the molecule is COc1ccc([C@@H](C)NS(=O)(=O)c2ccc(OC)c(F)c2)cc1. The van der Waals surface area contributed by atoms with Crippen LogP contribution in [-0.4, -0.2) is 22.6 Å². The number of hydrogen-bond acceptors (Lipinski definition) is 4. The second kappa shape index (κ2) is 6.97. The van der Waals surface area contributed by atoms with Gasteiger partial charge in [-0.2, -0.15) is 0 Å². The van der Waals surface area contributed by atoms with Crippen molar-refractivity contribution in [2.45, 2.75) is 17.9 Å². The van der Waals surface area contributed by atoms with E-state index >= 15 is 0 Å². The highest BCUT2D eigenvalue weighted by Crippen LogP contribution is 2.23. The maximum absolute atomic E-state index is 13.7. The molecule has 1 N–H and O–H groups in total. The van der Waals surface area contributed by atoms with Crippen molar-refractivity contribution in [3.8, 4) is 11.5 Å². The first-order valence-corrected chi connectivity index (χ1v) is 8.35. The highest BCUT2D eigenvalue weighted by atomic mass is 32.2. The molecule has 0 bridgehead atoms. The van der Waals surface area contributed by atoms with Crippen LogP contribution in [0.2, 0.25) is 0 Å². The Morgan fingerprint density at radius 3 is 2.22 bits per heavy atom. The third kappa shape index (κ3) is 4.00. The maximum atomic E-state index is 13.7. The normalized spacial score (nSPS) is 12.7. The number of ether oxygens (including phenoxy) is 2. The Balaban J connectivity index is 2.21. The summed E-state index contributed by atoms with van der Waals surface area (Å²) in [5, 5.41) is 0. The topological polar surface area (TPSA) is 64.6 Å². The van der Waals surface area contributed by atoms with E-state index < -0.39 is 21.9 Å². The Kier molecular flexibility index (Phi) is 5.23. The van der Waals surface area contributed by atoms with E-state index in [1.165, 1.54) is 19.2 Å². The molecule has 0 unspecified atom stereocenters. The second-order valence-corrected chi connectivity index (χ2v) is 6.63. The summed E-state index contributed by atoms with van der Waals surface area (Å²) in [7, 11) is -0.977. The molecule has 0 radical (unpaired) electrons. The fraction of sp³-hybridized carbons (Fsp3) is 0.250. The summed E-state index contributed by atoms with van der Waals surface area (Å²) in [6, 6.07) is 10.0. The van der Waals surface area contributed by atoms with Crippen molar-refractivity contribution in [2.75, 3.05) is 14.2 Å². The minimum Gasteiger partial charge on any atom is -0.497 e. The van der Waals surface area contributed by atoms with Gasteiger partial charge in [-0.05, 0) is 42.8 Å². The van der Waals surface area contributed by atoms with Crippen LogP contribution in [0.15, 0.2) is 47.4 Å². The van der Waals surface area contributed by atoms with Crippen molar-refractivity contribution in [1.82, 2.24) is 4.72 Å². The molecule has 7 heteroatoms. The predicted octanol–water partition coefficient (Wildman–Crippen LogP) is 2.88. The lowest BCUT2D eigenvalue weighted by Gasteiger charge is -2.15. The van der Waals surface area contributed by atoms with Gasteiger partial charge in [0, 0.05) is 6.04 Å². The van der Waals surface area contributed by atoms with Gasteiger partial charge < -0.3 is 9.47 Å². The molecule has 23 heavy (non-hydrogen) atoms. The molecule has 0 aliphatic carbocycles. The van der Waals surface area contributed by atoms with Gasteiger partial charge in [-0.25, -0.2) is 17.5 Å². The Morgan fingerprint density at radius 2 is 1.70 bits per heavy atom. The van der Waals surface area contributed by atoms with Crippen LogP contribution in [0.5, 0.6) is 11.5 Å². The number of hydrogen-bond donors (Lipinski definition) is 1. The summed E-state index contributed by atoms with van der Waals surface area (Å²) in [5.41, 5.74) is 0.767. The van der Waals surface area contributed by atoms with Crippen LogP contribution in [0.4, 0.5) is 4.39 Å². The highest BCUT2D eigenvalue weighted by molar-refractivity contribution is 7.89. The van der Waals surface area contributed by atoms with Gasteiger partial charge in [0.1, 0.15) is 5.75 Å². The van der Waals surface area contributed by atoms with Crippen molar-refractivity contribution < 1.29 is 22.3 Å². The fourth-order valence-electron chi connectivity index (χ4n) is 2.08. The van der Waals surface area contributed by atoms with Crippen molar-refractivity contribution >= 4 is 10.0 Å². The van der Waals surface area contributed by atoms with Crippen LogP contribution in [0.1, 0.15) is 18.5 Å². The van der Waals surface area contributed by atoms with Gasteiger partial charge in [0.2, 0.25) is 10.0 Å². The lowest BCUT2D eigenvalue weighted by atomic mass is 10.1. The van der Waals surface area contributed by atoms with Crippen molar-refractivity contribution in [1.29, 1.82) is 0 Å². The summed E-state index contributed by atoms with van der Waals surface area (Å²) in [5.74, 6) is -0.0549. The minimum atomic E-state index is -3.85. The van der Waals surface area contributed by atoms with Crippen molar-refractivity contribution in [2.24, 2.45) is 0 Å². The van der Waals surface area contributed by atoms with E-state index in [1.807, 2.05) is 0 Å². The lowest BCUT2D eigenvalue weighted by molar-refractivity contribution is 0.385. The van der Waals surface area contributed by atoms with Crippen molar-refractivity contribution in [3.63, 3.8) is 0 Å². The fourth-order valence-corrected chi connectivity index (χ4v) is 3.32. The van der Waals surface area contributed by atoms with Gasteiger partial charge >= 0.3 is 0 Å². The zero-order valence-electron chi connectivity index (χ0n) is 13.0. The number of sulfonamides is 1. The quantitative estimate of drug-likeness (QED) is 0.879. The summed E-state index contributed by atoms with van der Waals surface area (Å²) < 4.78 is 50.7. The highest BCUT2D eigenvalue weighted by Gasteiger charge is 2.20. The summed E-state index contributed by atoms with van der Waals surface area (Å²) in [6.45, 7) is 1.71. The molecule has 5 nitrogen and oxygen atoms in total. The molecule has 2 aromatic rings. The summed E-state index contributed by atoms with van der Waals surface area (Å²) >= 11 is 0. The molecule has 0 aromatic heterocycles. The number of rotatable bonds is 6. The first kappa shape index (κ1) is 17.2. The van der Waals surface area contributed by atoms with Crippen LogP contribution in [0.3, 0.4) is 0 Å². The van der Waals surface area contributed by atoms with E-state index in [0.717, 1.165) is 11.6 Å². The summed E-state index contributed by atoms with van der Waals surface area (Å²) in [4.78, 5) is -0.156. The van der Waals surface area contributed by atoms with Crippen molar-refractivity contribution in [3.05, 3.63) is 53.8 Å². The largest absolute Gasteiger partial charge is 0.497 e. The molecule has 0 heterocycles. The monoisotopic (exact) mass is 339 g/mol. The van der Waals surface area contributed by atoms with Crippen LogP contribution in [-0.2, 0) is 10.0 Å². The van der Waals surface area contributed by atoms with Gasteiger partial charge in [-0.3, -0.25) is 0 Å². The smallest absolute Gasteiger partial charge is 0.241 e. The first-order valence-electron chi connectivity index (χ1n) is 6.87. The van der Waals surface area contributed by atoms with Gasteiger partial charge in [0.05, 0.1) is 19.1 Å². The van der Waals surface area contributed by atoms with E-state index in [0.29, 0.717) is 5.75 Å². The van der Waals surface area contributed by atoms with Crippen LogP contribution in [0.25, 0.3) is 0 Å². The molecular weight excluding hydrogens is 321 g/mol. The predicted molar refractivity (Wildman–Crippen MR) is 84.7 cm³/mol. The molecule has 0 amide bonds. The van der Waals surface area contributed by atoms with E-state index in [9.17, 15) is 12.8 Å². The molecule has 2 aromatic carbocycles. The van der Waals surface area contributed by atoms with Gasteiger partial charge in [-0.1, -0.05) is 12.1 Å². The molecule has 0 aliphatic heterocycles. The number of halogens is 1. The van der Waals surface area contributed by atoms with E-state index in [2.05, 4.69) is 4.72 Å². The van der Waals surface area contributed by atoms with Gasteiger partial charge in [-0.15, -0.1) is 0 Å². The zero-order valence-corrected chi connectivity index (χ0v) is 13.9. The molecule has 0 spiro atoms. The molecule has 2 rings (SSSR count). The van der Waals surface area contributed by atoms with Gasteiger partial charge in [0.15, 0.2) is 11.6 Å². The number of methoxy groups -OCH3 is 2. The van der Waals surface area contributed by atoms with Crippen LogP contribution >= 0.6 is 0 Å². The Labute approximate surface area is 135 Å². The lowest BCUT2D eigenvalue weighted by Crippen LogP contribution is -2.27. The third-order valence-electron chi connectivity index (χ3n) is 3.38. The minimum absolute atomic E-state index is 0.00727. The third-order valence-corrected chi connectivity index (χ3v) is 4.92. The molecule has 0 saturated carbocycles. The maximum Gasteiger partial charge on any atom is 0.241 e. The molecule has 1 atom stereocenters. The average molecular weight is 339 g/mol. The Morgan fingerprint density at radius 1 is 1.04 bits per heavy atom. The standard InChI is InChI=1S/C16H18FNO4S/c1-11(12-4-6-13(21-2)7-5-12)18-23(19,20)14-8-9-16(22-3)15(17)10-14/h4-11,18H,1-3H3/t11-/m1/s1. The average Bonchev–Trinajstić information content (AvgIpc) is 2.54. The number of nitrogens with one attached hydrogen (secondary N) is 1. The van der Waals surface area contributed by atoms with E-state index in [4.69, 9.17) is 9.47 Å². The molecule has 0 saturated heterocycles. The molecular formula is C16H18FNO4S. The van der Waals surface area contributed by atoms with E-state index in [-0.39, 0.29) is 10.6 Å².